The Bertz CT molecular complexity index is 722. The van der Waals surface area contributed by atoms with Crippen molar-refractivity contribution in [1.29, 1.82) is 0 Å². The Morgan fingerprint density at radius 1 is 1.17 bits per heavy atom. The van der Waals surface area contributed by atoms with E-state index < -0.39 is 0 Å². The van der Waals surface area contributed by atoms with Gasteiger partial charge in [-0.3, -0.25) is 4.79 Å². The smallest absolute Gasteiger partial charge is 0.167 e. The molecule has 2 nitrogen and oxygen atoms in total. The van der Waals surface area contributed by atoms with Crippen LogP contribution in [0, 0.1) is 5.92 Å². The number of thioether (sulfide) groups is 1. The summed E-state index contributed by atoms with van der Waals surface area (Å²) in [6.45, 7) is 4.41. The molecule has 3 rings (SSSR count). The molecular weight excluding hydrogens is 316 g/mol. The van der Waals surface area contributed by atoms with Crippen molar-refractivity contribution < 1.29 is 9.53 Å². The van der Waals surface area contributed by atoms with Gasteiger partial charge in [-0.1, -0.05) is 30.3 Å². The van der Waals surface area contributed by atoms with E-state index in [2.05, 4.69) is 38.1 Å². The van der Waals surface area contributed by atoms with Gasteiger partial charge in [0.2, 0.25) is 0 Å². The number of methoxy groups -OCH3 is 1. The third-order valence-corrected chi connectivity index (χ3v) is 6.40. The highest BCUT2D eigenvalue weighted by molar-refractivity contribution is 7.99. The lowest BCUT2D eigenvalue weighted by atomic mass is 9.77. The van der Waals surface area contributed by atoms with Crippen molar-refractivity contribution in [3.8, 4) is 5.75 Å². The van der Waals surface area contributed by atoms with Crippen LogP contribution in [0.4, 0.5) is 0 Å². The number of ketones is 1. The molecule has 1 aliphatic rings. The van der Waals surface area contributed by atoms with E-state index in [-0.39, 0.29) is 16.4 Å². The second kappa shape index (κ2) is 7.02. The third-order valence-electron chi connectivity index (χ3n) is 4.89. The van der Waals surface area contributed by atoms with Crippen LogP contribution in [0.15, 0.2) is 48.5 Å². The van der Waals surface area contributed by atoms with E-state index in [0.29, 0.717) is 0 Å². The molecule has 0 fully saturated rings. The second-order valence-corrected chi connectivity index (χ2v) is 8.49. The Labute approximate surface area is 148 Å². The predicted molar refractivity (Wildman–Crippen MR) is 101 cm³/mol. The number of fused-ring (bicyclic) bond motifs is 1. The number of Topliss-reactive ketones (excluding diaryl/α,β-unsaturated/α-hetero) is 1. The lowest BCUT2D eigenvalue weighted by molar-refractivity contribution is 0.0879. The molecule has 0 aromatic heterocycles. The molecule has 1 atom stereocenters. The Balaban J connectivity index is 1.75. The number of aryl methyl sites for hydroxylation is 1. The highest BCUT2D eigenvalue weighted by Crippen LogP contribution is 2.42. The fraction of sp³-hybridized carbons (Fsp3) is 0.381. The number of benzene rings is 2. The van der Waals surface area contributed by atoms with Crippen LogP contribution in [0.25, 0.3) is 0 Å². The van der Waals surface area contributed by atoms with Crippen LogP contribution in [-0.2, 0) is 12.2 Å². The normalized spacial score (nSPS) is 17.5. The van der Waals surface area contributed by atoms with E-state index >= 15 is 0 Å². The lowest BCUT2D eigenvalue weighted by Gasteiger charge is -2.36. The van der Waals surface area contributed by atoms with E-state index in [4.69, 9.17) is 4.74 Å². The fourth-order valence-corrected chi connectivity index (χ4v) is 4.53. The Morgan fingerprint density at radius 2 is 1.92 bits per heavy atom. The van der Waals surface area contributed by atoms with Gasteiger partial charge in [-0.2, -0.15) is 11.8 Å². The van der Waals surface area contributed by atoms with Crippen molar-refractivity contribution in [3.05, 3.63) is 65.2 Å². The first-order valence-corrected chi connectivity index (χ1v) is 9.39. The third kappa shape index (κ3) is 3.51. The number of hydrogen-bond donors (Lipinski definition) is 0. The Kier molecular flexibility index (Phi) is 5.00. The van der Waals surface area contributed by atoms with Gasteiger partial charge in [0.05, 0.1) is 7.11 Å². The summed E-state index contributed by atoms with van der Waals surface area (Å²) in [6.07, 6.45) is 1.85. The average molecular weight is 340 g/mol. The molecular formula is C21H24O2S. The van der Waals surface area contributed by atoms with Crippen molar-refractivity contribution in [2.45, 2.75) is 37.2 Å². The number of carbonyl (C=O) groups is 1. The highest BCUT2D eigenvalue weighted by atomic mass is 32.2. The molecule has 0 amide bonds. The molecule has 3 heteroatoms. The minimum atomic E-state index is -0.0788. The van der Waals surface area contributed by atoms with Gasteiger partial charge in [0.15, 0.2) is 5.78 Å². The van der Waals surface area contributed by atoms with Gasteiger partial charge in [-0.25, -0.2) is 0 Å². The largest absolute Gasteiger partial charge is 0.497 e. The van der Waals surface area contributed by atoms with Gasteiger partial charge in [0.1, 0.15) is 5.75 Å². The molecule has 1 aliphatic carbocycles. The average Bonchev–Trinajstić information content (AvgIpc) is 2.60. The molecule has 0 heterocycles. The van der Waals surface area contributed by atoms with Gasteiger partial charge < -0.3 is 4.74 Å². The number of ether oxygens (including phenoxy) is 1. The van der Waals surface area contributed by atoms with Crippen LogP contribution in [0.2, 0.25) is 0 Å². The zero-order valence-electron chi connectivity index (χ0n) is 14.5. The van der Waals surface area contributed by atoms with Crippen LogP contribution in [-0.4, -0.2) is 17.6 Å². The summed E-state index contributed by atoms with van der Waals surface area (Å²) in [5.74, 6) is 2.11. The summed E-state index contributed by atoms with van der Waals surface area (Å²) in [7, 11) is 1.67. The number of carbonyl (C=O) groups excluding carboxylic acids is 1. The first kappa shape index (κ1) is 17.1. The van der Waals surface area contributed by atoms with E-state index in [1.807, 2.05) is 36.0 Å². The zero-order chi connectivity index (χ0) is 17.2. The van der Waals surface area contributed by atoms with Crippen LogP contribution in [0.5, 0.6) is 5.75 Å². The fourth-order valence-electron chi connectivity index (χ4n) is 3.37. The van der Waals surface area contributed by atoms with Crippen molar-refractivity contribution in [3.63, 3.8) is 0 Å². The van der Waals surface area contributed by atoms with Crippen LogP contribution in [0.3, 0.4) is 0 Å². The molecule has 0 N–H and O–H groups in total. The zero-order valence-corrected chi connectivity index (χ0v) is 15.4. The quantitative estimate of drug-likeness (QED) is 0.753. The Morgan fingerprint density at radius 3 is 2.62 bits per heavy atom. The summed E-state index contributed by atoms with van der Waals surface area (Å²) in [5, 5.41) is 0. The summed E-state index contributed by atoms with van der Waals surface area (Å²) in [4.78, 5) is 13.0. The van der Waals surface area contributed by atoms with Crippen molar-refractivity contribution in [1.82, 2.24) is 0 Å². The standard InChI is InChI=1S/C21H24O2S/c1-21(2,24-14-15-7-5-4-6-8-15)19-12-9-16-13-17(23-3)10-11-18(16)20(19)22/h4-8,10-11,13,19H,9,12,14H2,1-3H3/t19-/m1/s1. The minimum Gasteiger partial charge on any atom is -0.497 e. The monoisotopic (exact) mass is 340 g/mol. The molecule has 0 radical (unpaired) electrons. The summed E-state index contributed by atoms with van der Waals surface area (Å²) in [5.41, 5.74) is 3.31. The summed E-state index contributed by atoms with van der Waals surface area (Å²) in [6, 6.07) is 16.3. The van der Waals surface area contributed by atoms with Gasteiger partial charge in [0.25, 0.3) is 0 Å². The molecule has 0 unspecified atom stereocenters. The number of rotatable bonds is 5. The maximum absolute atomic E-state index is 13.0. The topological polar surface area (TPSA) is 26.3 Å². The van der Waals surface area contributed by atoms with Gasteiger partial charge in [-0.15, -0.1) is 0 Å². The minimum absolute atomic E-state index is 0.0621. The maximum atomic E-state index is 13.0. The van der Waals surface area contributed by atoms with Crippen LogP contribution in [0.1, 0.15) is 41.8 Å². The SMILES string of the molecule is COc1ccc2c(c1)CC[C@@H](C(C)(C)SCc1ccccc1)C2=O. The van der Waals surface area contributed by atoms with E-state index in [1.165, 1.54) is 5.56 Å². The molecule has 0 aliphatic heterocycles. The van der Waals surface area contributed by atoms with E-state index in [9.17, 15) is 4.79 Å². The molecule has 126 valence electrons. The van der Waals surface area contributed by atoms with Crippen molar-refractivity contribution in [2.75, 3.05) is 7.11 Å². The molecule has 0 spiro atoms. The first-order valence-electron chi connectivity index (χ1n) is 8.40. The van der Waals surface area contributed by atoms with Crippen molar-refractivity contribution in [2.24, 2.45) is 5.92 Å². The first-order chi connectivity index (χ1) is 11.5. The lowest BCUT2D eigenvalue weighted by Crippen LogP contribution is -2.37. The van der Waals surface area contributed by atoms with Gasteiger partial charge in [0, 0.05) is 22.0 Å². The molecule has 2 aromatic carbocycles. The molecule has 0 bridgehead atoms. The summed E-state index contributed by atoms with van der Waals surface area (Å²) < 4.78 is 5.20. The Hall–Kier alpha value is -1.74. The van der Waals surface area contributed by atoms with E-state index in [1.54, 1.807) is 7.11 Å². The van der Waals surface area contributed by atoms with Crippen LogP contribution < -0.4 is 4.74 Å². The maximum Gasteiger partial charge on any atom is 0.167 e. The highest BCUT2D eigenvalue weighted by Gasteiger charge is 2.39. The molecule has 0 saturated heterocycles. The van der Waals surface area contributed by atoms with Gasteiger partial charge in [-0.05, 0) is 56.0 Å². The molecule has 24 heavy (non-hydrogen) atoms. The predicted octanol–water partition coefficient (Wildman–Crippen LogP) is 5.15. The van der Waals surface area contributed by atoms with Crippen molar-refractivity contribution >= 4 is 17.5 Å². The van der Waals surface area contributed by atoms with Crippen LogP contribution >= 0.6 is 11.8 Å². The molecule has 2 aromatic rings. The summed E-state index contributed by atoms with van der Waals surface area (Å²) >= 11 is 1.88. The van der Waals surface area contributed by atoms with E-state index in [0.717, 1.165) is 35.5 Å². The molecule has 0 saturated carbocycles. The van der Waals surface area contributed by atoms with Gasteiger partial charge >= 0.3 is 0 Å². The second-order valence-electron chi connectivity index (χ2n) is 6.86. The number of hydrogen-bond acceptors (Lipinski definition) is 3.